The van der Waals surface area contributed by atoms with E-state index in [0.717, 1.165) is 0 Å². The molecular formula is C20H13ClFN3O2. The molecule has 0 aliphatic carbocycles. The average molecular weight is 382 g/mol. The molecule has 0 spiro atoms. The number of hydrogen-bond acceptors (Lipinski definition) is 3. The highest BCUT2D eigenvalue weighted by Gasteiger charge is 2.16. The monoisotopic (exact) mass is 381 g/mol. The molecule has 0 aliphatic heterocycles. The van der Waals surface area contributed by atoms with Crippen LogP contribution in [0.25, 0.3) is 10.9 Å². The van der Waals surface area contributed by atoms with E-state index in [4.69, 9.17) is 22.9 Å². The molecule has 27 heavy (non-hydrogen) atoms. The first kappa shape index (κ1) is 18.4. The Bertz CT molecular complexity index is 1100. The van der Waals surface area contributed by atoms with Crippen molar-refractivity contribution in [1.29, 1.82) is 0 Å². The number of aromatic nitrogens is 2. The van der Waals surface area contributed by atoms with Crippen molar-refractivity contribution in [2.75, 3.05) is 0 Å². The lowest BCUT2D eigenvalue weighted by molar-refractivity contribution is 0.439. The van der Waals surface area contributed by atoms with Gasteiger partial charge in [0.15, 0.2) is 17.3 Å². The Labute approximate surface area is 159 Å². The third kappa shape index (κ3) is 4.22. The molecule has 0 radical (unpaired) electrons. The van der Waals surface area contributed by atoms with Crippen molar-refractivity contribution in [3.8, 4) is 11.5 Å². The number of aromatic amines is 1. The Morgan fingerprint density at radius 3 is 2.78 bits per heavy atom. The summed E-state index contributed by atoms with van der Waals surface area (Å²) in [4.78, 5) is 14.5. The van der Waals surface area contributed by atoms with Gasteiger partial charge in [-0.25, -0.2) is 14.3 Å². The molecule has 1 N–H and O–H groups in total. The van der Waals surface area contributed by atoms with Crippen LogP contribution in [0.1, 0.15) is 16.8 Å². The van der Waals surface area contributed by atoms with E-state index < -0.39 is 5.82 Å². The Kier molecular flexibility index (Phi) is 5.34. The standard InChI is InChI=1S/C20H13ClFN3O2/c1-3-12-8-15(23-2)11-16(9-12)27-20-17(21)6-4-13(19(20)22)10-14-5-7-18(26)25-24-14/h3-9,11H,1,10H2,(H,25,26). The van der Waals surface area contributed by atoms with Gasteiger partial charge in [0.05, 0.1) is 17.3 Å². The Morgan fingerprint density at radius 2 is 2.11 bits per heavy atom. The molecular weight excluding hydrogens is 369 g/mol. The van der Waals surface area contributed by atoms with Crippen LogP contribution in [-0.4, -0.2) is 10.2 Å². The van der Waals surface area contributed by atoms with E-state index in [9.17, 15) is 9.18 Å². The topological polar surface area (TPSA) is 59.3 Å². The van der Waals surface area contributed by atoms with E-state index >= 15 is 0 Å². The Morgan fingerprint density at radius 1 is 1.30 bits per heavy atom. The van der Waals surface area contributed by atoms with Crippen molar-refractivity contribution in [2.45, 2.75) is 6.42 Å². The van der Waals surface area contributed by atoms with Crippen molar-refractivity contribution in [1.82, 2.24) is 10.2 Å². The van der Waals surface area contributed by atoms with Gasteiger partial charge in [-0.3, -0.25) is 4.79 Å². The quantitative estimate of drug-likeness (QED) is 0.622. The molecule has 0 unspecified atom stereocenters. The number of nitrogens with zero attached hydrogens (tertiary/aromatic N) is 2. The van der Waals surface area contributed by atoms with Gasteiger partial charge in [0.2, 0.25) is 0 Å². The minimum Gasteiger partial charge on any atom is -0.454 e. The Balaban J connectivity index is 1.96. The first-order valence-electron chi connectivity index (χ1n) is 7.84. The predicted octanol–water partition coefficient (Wildman–Crippen LogP) is 5.14. The first-order valence-corrected chi connectivity index (χ1v) is 8.22. The summed E-state index contributed by atoms with van der Waals surface area (Å²) in [5.41, 5.74) is 1.47. The molecule has 0 bridgehead atoms. The molecule has 3 aromatic rings. The summed E-state index contributed by atoms with van der Waals surface area (Å²) in [7, 11) is 0. The fourth-order valence-corrected chi connectivity index (χ4v) is 2.62. The summed E-state index contributed by atoms with van der Waals surface area (Å²) in [6.45, 7) is 10.8. The van der Waals surface area contributed by atoms with Crippen LogP contribution in [-0.2, 0) is 6.42 Å². The lowest BCUT2D eigenvalue weighted by Crippen LogP contribution is -2.08. The van der Waals surface area contributed by atoms with E-state index in [2.05, 4.69) is 21.6 Å². The zero-order valence-corrected chi connectivity index (χ0v) is 14.8. The van der Waals surface area contributed by atoms with Crippen molar-refractivity contribution >= 4 is 23.4 Å². The van der Waals surface area contributed by atoms with Gasteiger partial charge in [-0.2, -0.15) is 5.10 Å². The van der Waals surface area contributed by atoms with Gasteiger partial charge >= 0.3 is 0 Å². The van der Waals surface area contributed by atoms with Gasteiger partial charge in [0.25, 0.3) is 5.56 Å². The molecule has 5 nitrogen and oxygen atoms in total. The van der Waals surface area contributed by atoms with E-state index in [1.807, 2.05) is 0 Å². The fraction of sp³-hybridized carbons (Fsp3) is 0.0500. The van der Waals surface area contributed by atoms with Gasteiger partial charge < -0.3 is 4.74 Å². The first-order chi connectivity index (χ1) is 13.0. The number of halogens is 2. The third-order valence-corrected chi connectivity index (χ3v) is 4.03. The van der Waals surface area contributed by atoms with Gasteiger partial charge in [-0.05, 0) is 41.5 Å². The summed E-state index contributed by atoms with van der Waals surface area (Å²) < 4.78 is 20.6. The van der Waals surface area contributed by atoms with Crippen LogP contribution < -0.4 is 10.3 Å². The van der Waals surface area contributed by atoms with Gasteiger partial charge in [0, 0.05) is 12.5 Å². The molecule has 7 heteroatoms. The largest absolute Gasteiger partial charge is 0.454 e. The van der Waals surface area contributed by atoms with Crippen LogP contribution in [0, 0.1) is 12.4 Å². The molecule has 3 rings (SSSR count). The van der Waals surface area contributed by atoms with Crippen LogP contribution in [0.15, 0.2) is 53.8 Å². The minimum atomic E-state index is -0.635. The highest BCUT2D eigenvalue weighted by atomic mass is 35.5. The number of ether oxygens (including phenoxy) is 1. The molecule has 0 fully saturated rings. The lowest BCUT2D eigenvalue weighted by atomic mass is 10.1. The lowest BCUT2D eigenvalue weighted by Gasteiger charge is -2.12. The molecule has 1 aromatic heterocycles. The summed E-state index contributed by atoms with van der Waals surface area (Å²) >= 11 is 6.11. The molecule has 0 saturated carbocycles. The van der Waals surface area contributed by atoms with Gasteiger partial charge in [0.1, 0.15) is 5.75 Å². The minimum absolute atomic E-state index is 0.0963. The normalized spacial score (nSPS) is 10.3. The van der Waals surface area contributed by atoms with Crippen molar-refractivity contribution in [3.63, 3.8) is 0 Å². The fourth-order valence-electron chi connectivity index (χ4n) is 2.44. The maximum Gasteiger partial charge on any atom is 0.264 e. The van der Waals surface area contributed by atoms with Crippen LogP contribution in [0.5, 0.6) is 11.5 Å². The highest BCUT2D eigenvalue weighted by molar-refractivity contribution is 6.32. The smallest absolute Gasteiger partial charge is 0.264 e. The Hall–Kier alpha value is -3.43. The van der Waals surface area contributed by atoms with E-state index in [0.29, 0.717) is 22.5 Å². The number of hydrogen-bond donors (Lipinski definition) is 1. The molecule has 0 aliphatic rings. The van der Waals surface area contributed by atoms with E-state index in [-0.39, 0.29) is 28.5 Å². The summed E-state index contributed by atoms with van der Waals surface area (Å²) in [5.74, 6) is -0.502. The zero-order valence-electron chi connectivity index (χ0n) is 14.0. The van der Waals surface area contributed by atoms with Gasteiger partial charge in [-0.1, -0.05) is 30.3 Å². The summed E-state index contributed by atoms with van der Waals surface area (Å²) in [6, 6.07) is 10.7. The van der Waals surface area contributed by atoms with Crippen LogP contribution in [0.3, 0.4) is 0 Å². The highest BCUT2D eigenvalue weighted by Crippen LogP contribution is 2.36. The van der Waals surface area contributed by atoms with Crippen LogP contribution in [0.2, 0.25) is 5.02 Å². The molecule has 1 heterocycles. The van der Waals surface area contributed by atoms with Crippen LogP contribution >= 0.6 is 11.6 Å². The summed E-state index contributed by atoms with van der Waals surface area (Å²) in [5, 5.41) is 6.28. The molecule has 0 amide bonds. The van der Waals surface area contributed by atoms with Crippen molar-refractivity contribution in [2.24, 2.45) is 0 Å². The third-order valence-electron chi connectivity index (χ3n) is 3.74. The van der Waals surface area contributed by atoms with Crippen molar-refractivity contribution < 1.29 is 9.13 Å². The second-order valence-corrected chi connectivity index (χ2v) is 6.02. The zero-order chi connectivity index (χ0) is 19.4. The summed E-state index contributed by atoms with van der Waals surface area (Å²) in [6.07, 6.45) is 1.72. The number of benzene rings is 2. The molecule has 0 atom stereocenters. The second kappa shape index (κ2) is 7.85. The maximum atomic E-state index is 15.0. The van der Waals surface area contributed by atoms with Crippen LogP contribution in [0.4, 0.5) is 10.1 Å². The number of H-pyrrole nitrogens is 1. The maximum absolute atomic E-state index is 15.0. The van der Waals surface area contributed by atoms with Crippen molar-refractivity contribution in [3.05, 3.63) is 98.5 Å². The van der Waals surface area contributed by atoms with Gasteiger partial charge in [-0.15, -0.1) is 0 Å². The number of rotatable bonds is 5. The predicted molar refractivity (Wildman–Crippen MR) is 102 cm³/mol. The average Bonchev–Trinajstić information content (AvgIpc) is 2.68. The number of nitrogens with one attached hydrogen (secondary N) is 1. The van der Waals surface area contributed by atoms with E-state index in [1.54, 1.807) is 18.2 Å². The molecule has 2 aromatic carbocycles. The molecule has 0 saturated heterocycles. The molecule has 134 valence electrons. The second-order valence-electron chi connectivity index (χ2n) is 5.62. The van der Waals surface area contributed by atoms with E-state index in [1.165, 1.54) is 30.3 Å². The SMILES string of the molecule is [C-]#[N+]c1cc(C=C)cc(Oc2c(Cl)ccc(Cc3ccc(=O)[nH]n3)c2F)c1.